The van der Waals surface area contributed by atoms with Crippen molar-refractivity contribution in [3.63, 3.8) is 0 Å². The molecule has 6 heteroatoms. The van der Waals surface area contributed by atoms with Crippen molar-refractivity contribution in [2.24, 2.45) is 0 Å². The summed E-state index contributed by atoms with van der Waals surface area (Å²) in [5, 5.41) is 2.85. The second kappa shape index (κ2) is 7.88. The van der Waals surface area contributed by atoms with Gasteiger partial charge in [0, 0.05) is 32.7 Å². The quantitative estimate of drug-likeness (QED) is 0.928. The molecule has 2 aromatic rings. The predicted octanol–water partition coefficient (Wildman–Crippen LogP) is 2.87. The number of carbonyl (C=O) groups excluding carboxylic acids is 1. The standard InChI is InChI=1S/C19H22FN3O2/c1-25-18-8-3-2-7-17(18)22-9-11-23(12-10-22)19(24)21-14-15-5-4-6-16(20)13-15/h2-8,13H,9-12,14H2,1H3,(H,21,24). The van der Waals surface area contributed by atoms with E-state index in [1.165, 1.54) is 12.1 Å². The molecule has 0 aromatic heterocycles. The van der Waals surface area contributed by atoms with Crippen molar-refractivity contribution in [1.29, 1.82) is 0 Å². The van der Waals surface area contributed by atoms with Gasteiger partial charge >= 0.3 is 6.03 Å². The Labute approximate surface area is 147 Å². The van der Waals surface area contributed by atoms with Gasteiger partial charge in [0.05, 0.1) is 12.8 Å². The van der Waals surface area contributed by atoms with Gasteiger partial charge in [-0.1, -0.05) is 24.3 Å². The van der Waals surface area contributed by atoms with Crippen LogP contribution in [0.2, 0.25) is 0 Å². The third-order valence-corrected chi connectivity index (χ3v) is 4.33. The summed E-state index contributed by atoms with van der Waals surface area (Å²) in [6.45, 7) is 3.07. The average Bonchev–Trinajstić information content (AvgIpc) is 2.66. The summed E-state index contributed by atoms with van der Waals surface area (Å²) in [5.41, 5.74) is 1.80. The number of carbonyl (C=O) groups is 1. The summed E-state index contributed by atoms with van der Waals surface area (Å²) in [6, 6.07) is 14.0. The summed E-state index contributed by atoms with van der Waals surface area (Å²) in [6.07, 6.45) is 0. The maximum Gasteiger partial charge on any atom is 0.317 e. The Morgan fingerprint density at radius 1 is 1.12 bits per heavy atom. The third-order valence-electron chi connectivity index (χ3n) is 4.33. The molecule has 1 saturated heterocycles. The van der Waals surface area contributed by atoms with Crippen LogP contribution in [-0.4, -0.2) is 44.2 Å². The van der Waals surface area contributed by atoms with E-state index in [9.17, 15) is 9.18 Å². The molecule has 0 unspecified atom stereocenters. The normalized spacial score (nSPS) is 14.3. The molecule has 0 saturated carbocycles. The highest BCUT2D eigenvalue weighted by Gasteiger charge is 2.22. The van der Waals surface area contributed by atoms with Crippen LogP contribution in [-0.2, 0) is 6.54 Å². The van der Waals surface area contributed by atoms with Crippen molar-refractivity contribution in [1.82, 2.24) is 10.2 Å². The smallest absolute Gasteiger partial charge is 0.317 e. The molecule has 25 heavy (non-hydrogen) atoms. The first kappa shape index (κ1) is 17.1. The number of piperazine rings is 1. The molecular weight excluding hydrogens is 321 g/mol. The summed E-state index contributed by atoms with van der Waals surface area (Å²) < 4.78 is 18.6. The van der Waals surface area contributed by atoms with Crippen LogP contribution in [0, 0.1) is 5.82 Å². The molecule has 3 rings (SSSR count). The zero-order valence-electron chi connectivity index (χ0n) is 14.2. The molecule has 2 aromatic carbocycles. The largest absolute Gasteiger partial charge is 0.495 e. The number of ether oxygens (including phenoxy) is 1. The maximum atomic E-state index is 13.2. The Morgan fingerprint density at radius 3 is 2.60 bits per heavy atom. The Balaban J connectivity index is 1.52. The topological polar surface area (TPSA) is 44.8 Å². The number of rotatable bonds is 4. The van der Waals surface area contributed by atoms with Crippen molar-refractivity contribution >= 4 is 11.7 Å². The van der Waals surface area contributed by atoms with Crippen LogP contribution in [0.1, 0.15) is 5.56 Å². The first-order chi connectivity index (χ1) is 12.2. The molecule has 0 aliphatic carbocycles. The number of benzene rings is 2. The number of nitrogens with zero attached hydrogens (tertiary/aromatic N) is 2. The number of anilines is 1. The summed E-state index contributed by atoms with van der Waals surface area (Å²) in [4.78, 5) is 16.3. The number of amides is 2. The third kappa shape index (κ3) is 4.21. The minimum Gasteiger partial charge on any atom is -0.495 e. The molecule has 1 N–H and O–H groups in total. The van der Waals surface area contributed by atoms with Crippen molar-refractivity contribution in [2.75, 3.05) is 38.2 Å². The average molecular weight is 343 g/mol. The van der Waals surface area contributed by atoms with Gasteiger partial charge in [-0.05, 0) is 29.8 Å². The van der Waals surface area contributed by atoms with E-state index in [-0.39, 0.29) is 11.8 Å². The number of methoxy groups -OCH3 is 1. The number of nitrogens with one attached hydrogen (secondary N) is 1. The Morgan fingerprint density at radius 2 is 1.88 bits per heavy atom. The summed E-state index contributed by atoms with van der Waals surface area (Å²) >= 11 is 0. The van der Waals surface area contributed by atoms with Crippen LogP contribution in [0.3, 0.4) is 0 Å². The number of hydrogen-bond acceptors (Lipinski definition) is 3. The van der Waals surface area contributed by atoms with E-state index in [1.807, 2.05) is 24.3 Å². The van der Waals surface area contributed by atoms with Gasteiger partial charge in [0.15, 0.2) is 0 Å². The first-order valence-corrected chi connectivity index (χ1v) is 8.32. The molecular formula is C19H22FN3O2. The Kier molecular flexibility index (Phi) is 5.38. The Hall–Kier alpha value is -2.76. The van der Waals surface area contributed by atoms with Crippen LogP contribution in [0.15, 0.2) is 48.5 Å². The second-order valence-corrected chi connectivity index (χ2v) is 5.93. The van der Waals surface area contributed by atoms with Gasteiger partial charge in [-0.25, -0.2) is 9.18 Å². The fourth-order valence-electron chi connectivity index (χ4n) is 2.98. The monoisotopic (exact) mass is 343 g/mol. The van der Waals surface area contributed by atoms with Gasteiger partial charge in [0.2, 0.25) is 0 Å². The van der Waals surface area contributed by atoms with Gasteiger partial charge in [0.25, 0.3) is 0 Å². The molecule has 1 aliphatic heterocycles. The lowest BCUT2D eigenvalue weighted by molar-refractivity contribution is 0.194. The lowest BCUT2D eigenvalue weighted by Crippen LogP contribution is -2.51. The number of urea groups is 1. The predicted molar refractivity (Wildman–Crippen MR) is 95.4 cm³/mol. The maximum absolute atomic E-state index is 13.2. The second-order valence-electron chi connectivity index (χ2n) is 5.93. The molecule has 1 aliphatic rings. The van der Waals surface area contributed by atoms with Crippen LogP contribution in [0.5, 0.6) is 5.75 Å². The van der Waals surface area contributed by atoms with E-state index < -0.39 is 0 Å². The molecule has 132 valence electrons. The van der Waals surface area contributed by atoms with Gasteiger partial charge in [0.1, 0.15) is 11.6 Å². The van der Waals surface area contributed by atoms with Gasteiger partial charge < -0.3 is 19.9 Å². The van der Waals surface area contributed by atoms with Gasteiger partial charge in [-0.15, -0.1) is 0 Å². The van der Waals surface area contributed by atoms with Crippen LogP contribution in [0.25, 0.3) is 0 Å². The highest BCUT2D eigenvalue weighted by atomic mass is 19.1. The van der Waals surface area contributed by atoms with E-state index in [4.69, 9.17) is 4.74 Å². The summed E-state index contributed by atoms with van der Waals surface area (Å²) in [7, 11) is 1.66. The van der Waals surface area contributed by atoms with Gasteiger partial charge in [-0.3, -0.25) is 0 Å². The van der Waals surface area contributed by atoms with Crippen LogP contribution >= 0.6 is 0 Å². The van der Waals surface area contributed by atoms with E-state index in [0.717, 1.165) is 30.1 Å². The molecule has 0 bridgehead atoms. The minimum atomic E-state index is -0.294. The van der Waals surface area contributed by atoms with E-state index >= 15 is 0 Å². The van der Waals surface area contributed by atoms with E-state index in [0.29, 0.717) is 19.6 Å². The van der Waals surface area contributed by atoms with Gasteiger partial charge in [-0.2, -0.15) is 0 Å². The van der Waals surface area contributed by atoms with Crippen molar-refractivity contribution in [3.8, 4) is 5.75 Å². The van der Waals surface area contributed by atoms with Crippen molar-refractivity contribution < 1.29 is 13.9 Å². The molecule has 2 amide bonds. The zero-order valence-corrected chi connectivity index (χ0v) is 14.2. The Bertz CT molecular complexity index is 730. The van der Waals surface area contributed by atoms with Crippen LogP contribution in [0.4, 0.5) is 14.9 Å². The molecule has 5 nitrogen and oxygen atoms in total. The SMILES string of the molecule is COc1ccccc1N1CCN(C(=O)NCc2cccc(F)c2)CC1. The fraction of sp³-hybridized carbons (Fsp3) is 0.316. The highest BCUT2D eigenvalue weighted by Crippen LogP contribution is 2.28. The minimum absolute atomic E-state index is 0.121. The molecule has 0 spiro atoms. The highest BCUT2D eigenvalue weighted by molar-refractivity contribution is 5.74. The number of hydrogen-bond donors (Lipinski definition) is 1. The first-order valence-electron chi connectivity index (χ1n) is 8.32. The lowest BCUT2D eigenvalue weighted by atomic mass is 10.2. The van der Waals surface area contributed by atoms with E-state index in [1.54, 1.807) is 24.1 Å². The van der Waals surface area contributed by atoms with E-state index in [2.05, 4.69) is 10.2 Å². The van der Waals surface area contributed by atoms with Crippen LogP contribution < -0.4 is 15.0 Å². The summed E-state index contributed by atoms with van der Waals surface area (Å²) in [5.74, 6) is 0.545. The number of para-hydroxylation sites is 2. The van der Waals surface area contributed by atoms with Crippen molar-refractivity contribution in [2.45, 2.75) is 6.54 Å². The number of halogens is 1. The molecule has 1 heterocycles. The molecule has 1 fully saturated rings. The zero-order chi connectivity index (χ0) is 17.6. The molecule has 0 radical (unpaired) electrons. The molecule has 0 atom stereocenters. The lowest BCUT2D eigenvalue weighted by Gasteiger charge is -2.36. The fourth-order valence-corrected chi connectivity index (χ4v) is 2.98. The van der Waals surface area contributed by atoms with Crippen molar-refractivity contribution in [3.05, 3.63) is 59.9 Å².